The predicted molar refractivity (Wildman–Crippen MR) is 125 cm³/mol. The van der Waals surface area contributed by atoms with Gasteiger partial charge in [0.15, 0.2) is 11.3 Å². The lowest BCUT2D eigenvalue weighted by Crippen LogP contribution is -2.38. The zero-order chi connectivity index (χ0) is 25.7. The Kier molecular flexibility index (Phi) is 6.16. The van der Waals surface area contributed by atoms with Crippen molar-refractivity contribution < 1.29 is 22.7 Å². The van der Waals surface area contributed by atoms with E-state index in [1.807, 2.05) is 13.8 Å². The molecule has 0 aliphatic rings. The fourth-order valence-corrected chi connectivity index (χ4v) is 3.87. The Morgan fingerprint density at radius 3 is 2.54 bits per heavy atom. The largest absolute Gasteiger partial charge is 0.443 e. The average Bonchev–Trinajstić information content (AvgIpc) is 3.30. The molecule has 0 spiro atoms. The second-order valence-electron chi connectivity index (χ2n) is 9.33. The highest BCUT2D eigenvalue weighted by Crippen LogP contribution is 2.35. The lowest BCUT2D eigenvalue weighted by molar-refractivity contribution is -0.142. The van der Waals surface area contributed by atoms with E-state index in [1.54, 1.807) is 33.0 Å². The van der Waals surface area contributed by atoms with Crippen LogP contribution in [-0.4, -0.2) is 35.7 Å². The minimum Gasteiger partial charge on any atom is -0.443 e. The number of aromatic nitrogens is 5. The number of hydrogen-bond donors (Lipinski definition) is 0. The van der Waals surface area contributed by atoms with Gasteiger partial charge in [-0.3, -0.25) is 9.30 Å². The fourth-order valence-electron chi connectivity index (χ4n) is 3.70. The van der Waals surface area contributed by atoms with Gasteiger partial charge in [0.05, 0.1) is 18.4 Å². The molecule has 35 heavy (non-hydrogen) atoms. The molecule has 0 aliphatic heterocycles. The van der Waals surface area contributed by atoms with Crippen LogP contribution in [-0.2, 0) is 17.5 Å². The van der Waals surface area contributed by atoms with Crippen LogP contribution in [0.15, 0.2) is 36.7 Å². The van der Waals surface area contributed by atoms with Crippen LogP contribution in [0.25, 0.3) is 11.3 Å². The monoisotopic (exact) mass is 508 g/mol. The maximum Gasteiger partial charge on any atom is 0.433 e. The first-order chi connectivity index (χ1) is 16.3. The predicted octanol–water partition coefficient (Wildman–Crippen LogP) is 6.11. The normalized spacial score (nSPS) is 12.6. The second-order valence-corrected chi connectivity index (χ2v) is 9.71. The molecule has 4 rings (SSSR count). The summed E-state index contributed by atoms with van der Waals surface area (Å²) in [6.07, 6.45) is -2.74. The third-order valence-electron chi connectivity index (χ3n) is 5.14. The molecule has 4 heterocycles. The molecule has 0 unspecified atom stereocenters. The molecule has 12 heteroatoms. The first-order valence-corrected chi connectivity index (χ1v) is 11.2. The average molecular weight is 509 g/mol. The van der Waals surface area contributed by atoms with E-state index >= 15 is 0 Å². The molecule has 0 aromatic carbocycles. The summed E-state index contributed by atoms with van der Waals surface area (Å²) in [6.45, 7) is 8.32. The fraction of sp³-hybridized carbons (Fsp3) is 0.391. The van der Waals surface area contributed by atoms with Gasteiger partial charge in [-0.15, -0.1) is 0 Å². The molecule has 186 valence electrons. The summed E-state index contributed by atoms with van der Waals surface area (Å²) in [5, 5.41) is 4.39. The van der Waals surface area contributed by atoms with Crippen LogP contribution in [0, 0.1) is 0 Å². The number of hydrogen-bond acceptors (Lipinski definition) is 5. The molecule has 0 radical (unpaired) electrons. The lowest BCUT2D eigenvalue weighted by Gasteiger charge is -2.27. The van der Waals surface area contributed by atoms with Crippen molar-refractivity contribution >= 4 is 34.8 Å². The minimum absolute atomic E-state index is 0.0385. The van der Waals surface area contributed by atoms with E-state index in [2.05, 4.69) is 15.1 Å². The summed E-state index contributed by atoms with van der Waals surface area (Å²) in [5.41, 5.74) is -1.00. The Hall–Kier alpha value is -3.34. The van der Waals surface area contributed by atoms with Crippen molar-refractivity contribution in [3.8, 4) is 0 Å². The third kappa shape index (κ3) is 4.90. The molecular weight excluding hydrogens is 485 g/mol. The van der Waals surface area contributed by atoms with E-state index in [1.165, 1.54) is 28.9 Å². The minimum atomic E-state index is -4.72. The molecule has 0 N–H and O–H groups in total. The number of anilines is 1. The molecular formula is C23H24ClF3N6O2. The zero-order valence-corrected chi connectivity index (χ0v) is 20.5. The lowest BCUT2D eigenvalue weighted by atomic mass is 10.1. The van der Waals surface area contributed by atoms with Crippen LogP contribution in [0.5, 0.6) is 0 Å². The number of amides is 1. The standard InChI is InChI=1S/C23H24ClF3N6O2/c1-13(2)14-11-28-33-18(10-16(24)30-20(14)33)32(21(34)35-22(3,4)5)12-15-19(23(25,26)27)31-9-7-6-8-17(31)29-15/h6-11,13H,12H2,1-5H3. The Morgan fingerprint density at radius 2 is 1.91 bits per heavy atom. The van der Waals surface area contributed by atoms with Crippen molar-refractivity contribution in [1.82, 2.24) is 24.0 Å². The summed E-state index contributed by atoms with van der Waals surface area (Å²) in [7, 11) is 0. The maximum absolute atomic E-state index is 14.1. The molecule has 0 bridgehead atoms. The first-order valence-electron chi connectivity index (χ1n) is 10.8. The molecule has 8 nitrogen and oxygen atoms in total. The van der Waals surface area contributed by atoms with Crippen LogP contribution >= 0.6 is 11.6 Å². The Morgan fingerprint density at radius 1 is 1.20 bits per heavy atom. The number of ether oxygens (including phenoxy) is 1. The number of carbonyl (C=O) groups is 1. The summed E-state index contributed by atoms with van der Waals surface area (Å²) in [5.74, 6) is 0.142. The number of pyridine rings is 1. The molecule has 1 amide bonds. The van der Waals surface area contributed by atoms with Crippen LogP contribution in [0.4, 0.5) is 23.8 Å². The summed E-state index contributed by atoms with van der Waals surface area (Å²) in [4.78, 5) is 22.9. The van der Waals surface area contributed by atoms with Crippen molar-refractivity contribution in [2.75, 3.05) is 4.90 Å². The highest BCUT2D eigenvalue weighted by molar-refractivity contribution is 6.29. The van der Waals surface area contributed by atoms with E-state index in [4.69, 9.17) is 16.3 Å². The summed E-state index contributed by atoms with van der Waals surface area (Å²) in [6, 6.07) is 5.88. The zero-order valence-electron chi connectivity index (χ0n) is 19.8. The number of rotatable bonds is 4. The number of alkyl halides is 3. The molecule has 0 aliphatic carbocycles. The van der Waals surface area contributed by atoms with Crippen molar-refractivity contribution in [3.63, 3.8) is 0 Å². The van der Waals surface area contributed by atoms with Crippen molar-refractivity contribution in [2.24, 2.45) is 0 Å². The van der Waals surface area contributed by atoms with E-state index < -0.39 is 30.1 Å². The molecule has 4 aromatic rings. The van der Waals surface area contributed by atoms with Gasteiger partial charge in [-0.1, -0.05) is 31.5 Å². The van der Waals surface area contributed by atoms with Gasteiger partial charge in [0.2, 0.25) is 0 Å². The van der Waals surface area contributed by atoms with Crippen molar-refractivity contribution in [1.29, 1.82) is 0 Å². The second kappa shape index (κ2) is 8.71. The first kappa shape index (κ1) is 24.8. The van der Waals surface area contributed by atoms with Crippen molar-refractivity contribution in [2.45, 2.75) is 58.9 Å². The Labute approximate surface area is 204 Å². The highest BCUT2D eigenvalue weighted by atomic mass is 35.5. The van der Waals surface area contributed by atoms with Crippen LogP contribution in [0.3, 0.4) is 0 Å². The molecule has 0 saturated heterocycles. The molecule has 4 aromatic heterocycles. The van der Waals surface area contributed by atoms with Gasteiger partial charge in [0.1, 0.15) is 22.2 Å². The van der Waals surface area contributed by atoms with Gasteiger partial charge in [0, 0.05) is 17.8 Å². The quantitative estimate of drug-likeness (QED) is 0.311. The third-order valence-corrected chi connectivity index (χ3v) is 5.33. The van der Waals surface area contributed by atoms with Gasteiger partial charge < -0.3 is 4.74 Å². The smallest absolute Gasteiger partial charge is 0.433 e. The van der Waals surface area contributed by atoms with Gasteiger partial charge in [0.25, 0.3) is 0 Å². The molecule has 0 fully saturated rings. The van der Waals surface area contributed by atoms with E-state index in [0.717, 1.165) is 14.9 Å². The number of nitrogens with zero attached hydrogens (tertiary/aromatic N) is 6. The van der Waals surface area contributed by atoms with Gasteiger partial charge in [-0.25, -0.2) is 14.8 Å². The molecule has 0 atom stereocenters. The van der Waals surface area contributed by atoms with Gasteiger partial charge in [-0.05, 0) is 38.8 Å². The van der Waals surface area contributed by atoms with Crippen LogP contribution < -0.4 is 4.90 Å². The topological polar surface area (TPSA) is 77.0 Å². The summed E-state index contributed by atoms with van der Waals surface area (Å²) < 4.78 is 50.2. The Bertz CT molecular complexity index is 1400. The molecule has 0 saturated carbocycles. The highest BCUT2D eigenvalue weighted by Gasteiger charge is 2.40. The summed E-state index contributed by atoms with van der Waals surface area (Å²) >= 11 is 6.28. The SMILES string of the molecule is CC(C)c1cnn2c(N(Cc3nc4ccccn4c3C(F)(F)F)C(=O)OC(C)(C)C)cc(Cl)nc12. The number of halogens is 4. The van der Waals surface area contributed by atoms with E-state index in [-0.39, 0.29) is 28.2 Å². The van der Waals surface area contributed by atoms with E-state index in [9.17, 15) is 18.0 Å². The van der Waals surface area contributed by atoms with Gasteiger partial charge in [-0.2, -0.15) is 22.8 Å². The van der Waals surface area contributed by atoms with Crippen molar-refractivity contribution in [3.05, 3.63) is 58.8 Å². The maximum atomic E-state index is 14.1. The number of carbonyl (C=O) groups excluding carboxylic acids is 1. The van der Waals surface area contributed by atoms with Crippen LogP contribution in [0.1, 0.15) is 57.5 Å². The van der Waals surface area contributed by atoms with Gasteiger partial charge >= 0.3 is 12.3 Å². The number of fused-ring (bicyclic) bond motifs is 2. The number of imidazole rings is 1. The van der Waals surface area contributed by atoms with Crippen LogP contribution in [0.2, 0.25) is 5.15 Å². The Balaban J connectivity index is 1.92. The van der Waals surface area contributed by atoms with E-state index in [0.29, 0.717) is 5.65 Å².